The summed E-state index contributed by atoms with van der Waals surface area (Å²) in [4.78, 5) is 0. The monoisotopic (exact) mass is 382 g/mol. The lowest BCUT2D eigenvalue weighted by molar-refractivity contribution is 0.378. The Hall–Kier alpha value is 0.960. The first-order valence-electron chi connectivity index (χ1n) is 7.80. The molecule has 0 aromatic carbocycles. The standard InChI is InChI=1S/C16H32Br2/c1-3-4-5-6-7-8-9-10-11-12-13-16(2,14-17)15-18/h3-15H2,1-2H3. The molecule has 110 valence electrons. The van der Waals surface area contributed by atoms with E-state index in [9.17, 15) is 0 Å². The van der Waals surface area contributed by atoms with E-state index in [4.69, 9.17) is 0 Å². The van der Waals surface area contributed by atoms with E-state index in [1.807, 2.05) is 0 Å². The van der Waals surface area contributed by atoms with E-state index >= 15 is 0 Å². The second-order valence-electron chi connectivity index (χ2n) is 6.01. The number of alkyl halides is 2. The van der Waals surface area contributed by atoms with Gasteiger partial charge in [0.1, 0.15) is 0 Å². The maximum Gasteiger partial charge on any atom is 0.00933 e. The van der Waals surface area contributed by atoms with Crippen molar-refractivity contribution >= 4 is 31.9 Å². The van der Waals surface area contributed by atoms with Crippen LogP contribution >= 0.6 is 31.9 Å². The van der Waals surface area contributed by atoms with E-state index in [-0.39, 0.29) is 0 Å². The van der Waals surface area contributed by atoms with Gasteiger partial charge in [0, 0.05) is 10.7 Å². The molecule has 0 rings (SSSR count). The molecule has 0 N–H and O–H groups in total. The van der Waals surface area contributed by atoms with Gasteiger partial charge in [-0.2, -0.15) is 0 Å². The molecule has 18 heavy (non-hydrogen) atoms. The highest BCUT2D eigenvalue weighted by Gasteiger charge is 2.20. The second-order valence-corrected chi connectivity index (χ2v) is 7.13. The predicted octanol–water partition coefficient (Wildman–Crippen LogP) is 7.09. The van der Waals surface area contributed by atoms with E-state index in [1.165, 1.54) is 70.6 Å². The third kappa shape index (κ3) is 10.8. The summed E-state index contributed by atoms with van der Waals surface area (Å²) in [5.41, 5.74) is 0.458. The van der Waals surface area contributed by atoms with Crippen LogP contribution in [0.2, 0.25) is 0 Å². The Kier molecular flexibility index (Phi) is 13.7. The normalized spacial score (nSPS) is 12.0. The number of hydrogen-bond acceptors (Lipinski definition) is 0. The van der Waals surface area contributed by atoms with Gasteiger partial charge in [-0.25, -0.2) is 0 Å². The van der Waals surface area contributed by atoms with Gasteiger partial charge in [-0.3, -0.25) is 0 Å². The SMILES string of the molecule is CCCCCCCCCCCCC(C)(CBr)CBr. The van der Waals surface area contributed by atoms with Crippen molar-refractivity contribution < 1.29 is 0 Å². The highest BCUT2D eigenvalue weighted by atomic mass is 79.9. The van der Waals surface area contributed by atoms with Gasteiger partial charge in [-0.1, -0.05) is 110 Å². The van der Waals surface area contributed by atoms with Crippen LogP contribution in [0.4, 0.5) is 0 Å². The average Bonchev–Trinajstić information content (AvgIpc) is 2.40. The van der Waals surface area contributed by atoms with Crippen molar-refractivity contribution in [2.24, 2.45) is 5.41 Å². The molecule has 0 saturated heterocycles. The van der Waals surface area contributed by atoms with Crippen LogP contribution in [-0.2, 0) is 0 Å². The molecule has 2 heteroatoms. The van der Waals surface area contributed by atoms with Crippen LogP contribution in [0, 0.1) is 5.41 Å². The van der Waals surface area contributed by atoms with Crippen LogP contribution in [0.25, 0.3) is 0 Å². The second kappa shape index (κ2) is 13.0. The van der Waals surface area contributed by atoms with Gasteiger partial charge in [0.05, 0.1) is 0 Å². The molecule has 0 spiro atoms. The molecule has 0 bridgehead atoms. The summed E-state index contributed by atoms with van der Waals surface area (Å²) in [6.07, 6.45) is 15.7. The highest BCUT2D eigenvalue weighted by molar-refractivity contribution is 9.09. The topological polar surface area (TPSA) is 0 Å². The lowest BCUT2D eigenvalue weighted by Gasteiger charge is -2.24. The molecular weight excluding hydrogens is 352 g/mol. The van der Waals surface area contributed by atoms with Crippen LogP contribution in [-0.4, -0.2) is 10.7 Å². The Morgan fingerprint density at radius 3 is 1.44 bits per heavy atom. The zero-order valence-electron chi connectivity index (χ0n) is 12.4. The minimum absolute atomic E-state index is 0.458. The van der Waals surface area contributed by atoms with Crippen molar-refractivity contribution in [2.45, 2.75) is 84.5 Å². The molecule has 0 aromatic rings. The lowest BCUT2D eigenvalue weighted by atomic mass is 9.89. The van der Waals surface area contributed by atoms with Gasteiger partial charge in [-0.15, -0.1) is 0 Å². The van der Waals surface area contributed by atoms with E-state index < -0.39 is 0 Å². The van der Waals surface area contributed by atoms with Crippen molar-refractivity contribution in [3.63, 3.8) is 0 Å². The van der Waals surface area contributed by atoms with E-state index in [0.717, 1.165) is 10.7 Å². The van der Waals surface area contributed by atoms with E-state index in [0.29, 0.717) is 5.41 Å². The van der Waals surface area contributed by atoms with E-state index in [2.05, 4.69) is 45.7 Å². The fraction of sp³-hybridized carbons (Fsp3) is 1.00. The third-order valence-corrected chi connectivity index (χ3v) is 6.49. The molecule has 0 aliphatic carbocycles. The Labute approximate surface area is 132 Å². The summed E-state index contributed by atoms with van der Waals surface area (Å²) in [7, 11) is 0. The molecule has 0 aliphatic rings. The van der Waals surface area contributed by atoms with Crippen molar-refractivity contribution in [1.82, 2.24) is 0 Å². The minimum atomic E-state index is 0.458. The minimum Gasteiger partial charge on any atom is -0.0922 e. The first-order chi connectivity index (χ1) is 8.68. The molecule has 0 atom stereocenters. The first kappa shape index (κ1) is 19.0. The van der Waals surface area contributed by atoms with Gasteiger partial charge in [-0.05, 0) is 11.8 Å². The number of hydrogen-bond donors (Lipinski definition) is 0. The molecule has 0 amide bonds. The summed E-state index contributed by atoms with van der Waals surface area (Å²) >= 11 is 7.25. The Morgan fingerprint density at radius 1 is 0.667 bits per heavy atom. The highest BCUT2D eigenvalue weighted by Crippen LogP contribution is 2.29. The molecule has 0 aliphatic heterocycles. The van der Waals surface area contributed by atoms with Crippen LogP contribution in [0.15, 0.2) is 0 Å². The van der Waals surface area contributed by atoms with Crippen molar-refractivity contribution in [1.29, 1.82) is 0 Å². The van der Waals surface area contributed by atoms with Crippen LogP contribution in [0.3, 0.4) is 0 Å². The van der Waals surface area contributed by atoms with Crippen LogP contribution < -0.4 is 0 Å². The number of rotatable bonds is 13. The van der Waals surface area contributed by atoms with E-state index in [1.54, 1.807) is 0 Å². The average molecular weight is 384 g/mol. The smallest absolute Gasteiger partial charge is 0.00933 e. The van der Waals surface area contributed by atoms with Gasteiger partial charge < -0.3 is 0 Å². The molecular formula is C16H32Br2. The van der Waals surface area contributed by atoms with Gasteiger partial charge in [0.15, 0.2) is 0 Å². The maximum atomic E-state index is 3.63. The fourth-order valence-electron chi connectivity index (χ4n) is 2.21. The van der Waals surface area contributed by atoms with Crippen molar-refractivity contribution in [3.8, 4) is 0 Å². The molecule has 0 saturated carbocycles. The molecule has 0 nitrogen and oxygen atoms in total. The van der Waals surface area contributed by atoms with Crippen LogP contribution in [0.5, 0.6) is 0 Å². The summed E-state index contributed by atoms with van der Waals surface area (Å²) in [5, 5.41) is 2.23. The summed E-state index contributed by atoms with van der Waals surface area (Å²) < 4.78 is 0. The zero-order valence-corrected chi connectivity index (χ0v) is 15.6. The molecule has 0 radical (unpaired) electrons. The lowest BCUT2D eigenvalue weighted by Crippen LogP contribution is -2.19. The number of unbranched alkanes of at least 4 members (excludes halogenated alkanes) is 9. The molecule has 0 unspecified atom stereocenters. The summed E-state index contributed by atoms with van der Waals surface area (Å²) in [6, 6.07) is 0. The fourth-order valence-corrected chi connectivity index (χ4v) is 3.70. The summed E-state index contributed by atoms with van der Waals surface area (Å²) in [5.74, 6) is 0. The molecule has 0 fully saturated rings. The van der Waals surface area contributed by atoms with Gasteiger partial charge in [0.2, 0.25) is 0 Å². The van der Waals surface area contributed by atoms with Crippen molar-refractivity contribution in [2.75, 3.05) is 10.7 Å². The third-order valence-electron chi connectivity index (χ3n) is 3.78. The van der Waals surface area contributed by atoms with Crippen molar-refractivity contribution in [3.05, 3.63) is 0 Å². The largest absolute Gasteiger partial charge is 0.0922 e. The quantitative estimate of drug-likeness (QED) is 0.235. The Morgan fingerprint density at radius 2 is 1.06 bits per heavy atom. The number of halogens is 2. The Balaban J connectivity index is 3.21. The van der Waals surface area contributed by atoms with Crippen LogP contribution in [0.1, 0.15) is 84.5 Å². The van der Waals surface area contributed by atoms with Gasteiger partial charge in [0.25, 0.3) is 0 Å². The molecule has 0 heterocycles. The van der Waals surface area contributed by atoms with Gasteiger partial charge >= 0.3 is 0 Å². The predicted molar refractivity (Wildman–Crippen MR) is 92.2 cm³/mol. The maximum absolute atomic E-state index is 3.63. The molecule has 0 aromatic heterocycles. The zero-order chi connectivity index (χ0) is 13.7. The summed E-state index contributed by atoms with van der Waals surface area (Å²) in [6.45, 7) is 4.65. The first-order valence-corrected chi connectivity index (χ1v) is 10.0. The Bertz CT molecular complexity index is 164.